The van der Waals surface area contributed by atoms with Crippen LogP contribution in [-0.4, -0.2) is 33.0 Å². The Kier molecular flexibility index (Phi) is 6.86. The molecule has 6 nitrogen and oxygen atoms in total. The van der Waals surface area contributed by atoms with Crippen molar-refractivity contribution in [2.75, 3.05) is 12.3 Å². The fraction of sp³-hybridized carbons (Fsp3) is 0.190. The normalized spacial score (nSPS) is 10.5. The van der Waals surface area contributed by atoms with E-state index in [9.17, 15) is 4.79 Å². The Bertz CT molecular complexity index is 941. The summed E-state index contributed by atoms with van der Waals surface area (Å²) in [5.41, 5.74) is 1.98. The molecule has 0 saturated carbocycles. The molecule has 0 atom stereocenters. The molecule has 1 heterocycles. The van der Waals surface area contributed by atoms with Crippen LogP contribution in [0.4, 0.5) is 0 Å². The number of aromatic nitrogens is 3. The van der Waals surface area contributed by atoms with Crippen LogP contribution in [0.15, 0.2) is 72.4 Å². The lowest BCUT2D eigenvalue weighted by Crippen LogP contribution is -2.25. The number of para-hydroxylation sites is 2. The highest BCUT2D eigenvalue weighted by Crippen LogP contribution is 2.24. The Balaban J connectivity index is 1.80. The number of benzene rings is 2. The van der Waals surface area contributed by atoms with Crippen LogP contribution in [0.2, 0.25) is 0 Å². The number of hydrogen-bond donors (Lipinski definition) is 1. The number of carbonyl (C=O) groups is 1. The molecule has 1 N–H and O–H groups in total. The van der Waals surface area contributed by atoms with Gasteiger partial charge in [-0.3, -0.25) is 9.36 Å². The first-order chi connectivity index (χ1) is 13.7. The van der Waals surface area contributed by atoms with Gasteiger partial charge >= 0.3 is 0 Å². The van der Waals surface area contributed by atoms with Crippen LogP contribution in [-0.2, 0) is 11.4 Å². The molecule has 0 saturated heterocycles. The number of carbonyl (C=O) groups excluding carboxylic acids is 1. The lowest BCUT2D eigenvalue weighted by Gasteiger charge is -2.12. The minimum absolute atomic E-state index is 0.0785. The average Bonchev–Trinajstić information content (AvgIpc) is 3.13. The first kappa shape index (κ1) is 19.7. The van der Waals surface area contributed by atoms with Crippen molar-refractivity contribution in [2.24, 2.45) is 0 Å². The van der Waals surface area contributed by atoms with Crippen molar-refractivity contribution in [3.05, 3.63) is 78.6 Å². The second-order valence-electron chi connectivity index (χ2n) is 6.01. The maximum absolute atomic E-state index is 11.9. The zero-order chi connectivity index (χ0) is 19.8. The second kappa shape index (κ2) is 9.75. The third kappa shape index (κ3) is 5.01. The number of amides is 1. The van der Waals surface area contributed by atoms with E-state index >= 15 is 0 Å². The molecular weight excluding hydrogens is 372 g/mol. The van der Waals surface area contributed by atoms with Crippen molar-refractivity contribution in [2.45, 2.75) is 18.7 Å². The summed E-state index contributed by atoms with van der Waals surface area (Å²) in [6.07, 6.45) is 1.65. The quantitative estimate of drug-likeness (QED) is 0.444. The maximum Gasteiger partial charge on any atom is 0.230 e. The van der Waals surface area contributed by atoms with E-state index in [1.165, 1.54) is 11.8 Å². The lowest BCUT2D eigenvalue weighted by atomic mass is 10.2. The number of nitrogens with zero attached hydrogens (tertiary/aromatic N) is 3. The van der Waals surface area contributed by atoms with Crippen LogP contribution in [0.25, 0.3) is 5.69 Å². The standard InChI is InChI=1S/C21H22N4O2S/c1-3-13-22-20(26)15-28-21-24-23-19(25(21)17-10-5-4-6-11-17)14-27-18-12-8-7-9-16(18)2/h3-12H,1,13-15H2,2H3,(H,22,26). The van der Waals surface area contributed by atoms with Gasteiger partial charge in [0.25, 0.3) is 0 Å². The average molecular weight is 395 g/mol. The Morgan fingerprint density at radius 3 is 2.68 bits per heavy atom. The van der Waals surface area contributed by atoms with Gasteiger partial charge in [0.15, 0.2) is 11.0 Å². The third-order valence-electron chi connectivity index (χ3n) is 3.94. The molecule has 0 aliphatic carbocycles. The van der Waals surface area contributed by atoms with Crippen molar-refractivity contribution >= 4 is 17.7 Å². The van der Waals surface area contributed by atoms with Crippen LogP contribution < -0.4 is 10.1 Å². The van der Waals surface area contributed by atoms with E-state index in [0.29, 0.717) is 17.5 Å². The lowest BCUT2D eigenvalue weighted by molar-refractivity contribution is -0.118. The number of nitrogens with one attached hydrogen (secondary N) is 1. The summed E-state index contributed by atoms with van der Waals surface area (Å²) in [6.45, 7) is 6.32. The molecule has 1 aromatic heterocycles. The summed E-state index contributed by atoms with van der Waals surface area (Å²) in [7, 11) is 0. The highest BCUT2D eigenvalue weighted by molar-refractivity contribution is 7.99. The van der Waals surface area contributed by atoms with Gasteiger partial charge in [0.05, 0.1) is 5.75 Å². The number of rotatable bonds is 9. The Morgan fingerprint density at radius 2 is 1.93 bits per heavy atom. The predicted molar refractivity (Wildman–Crippen MR) is 111 cm³/mol. The number of ether oxygens (including phenoxy) is 1. The van der Waals surface area contributed by atoms with E-state index in [1.807, 2.05) is 66.1 Å². The third-order valence-corrected chi connectivity index (χ3v) is 4.87. The molecule has 0 aliphatic heterocycles. The van der Waals surface area contributed by atoms with Gasteiger partial charge in [-0.2, -0.15) is 0 Å². The van der Waals surface area contributed by atoms with Crippen molar-refractivity contribution < 1.29 is 9.53 Å². The highest BCUT2D eigenvalue weighted by atomic mass is 32.2. The first-order valence-corrected chi connectivity index (χ1v) is 9.86. The van der Waals surface area contributed by atoms with Crippen molar-refractivity contribution in [1.29, 1.82) is 0 Å². The molecular formula is C21H22N4O2S. The molecule has 0 fully saturated rings. The molecule has 7 heteroatoms. The maximum atomic E-state index is 11.9. The smallest absolute Gasteiger partial charge is 0.230 e. The fourth-order valence-corrected chi connectivity index (χ4v) is 3.35. The SMILES string of the molecule is C=CCNC(=O)CSc1nnc(COc2ccccc2C)n1-c1ccccc1. The Labute approximate surface area is 168 Å². The molecule has 3 rings (SSSR count). The molecule has 0 bridgehead atoms. The van der Waals surface area contributed by atoms with E-state index < -0.39 is 0 Å². The molecule has 28 heavy (non-hydrogen) atoms. The van der Waals surface area contributed by atoms with E-state index in [4.69, 9.17) is 4.74 Å². The van der Waals surface area contributed by atoms with Gasteiger partial charge in [-0.05, 0) is 30.7 Å². The van der Waals surface area contributed by atoms with E-state index in [2.05, 4.69) is 22.1 Å². The largest absolute Gasteiger partial charge is 0.485 e. The molecule has 144 valence electrons. The summed E-state index contributed by atoms with van der Waals surface area (Å²) in [5.74, 6) is 1.65. The van der Waals surface area contributed by atoms with Gasteiger partial charge in [0, 0.05) is 12.2 Å². The number of hydrogen-bond acceptors (Lipinski definition) is 5. The van der Waals surface area contributed by atoms with Crippen LogP contribution in [0.5, 0.6) is 5.75 Å². The minimum Gasteiger partial charge on any atom is -0.485 e. The topological polar surface area (TPSA) is 69.0 Å². The Morgan fingerprint density at radius 1 is 1.18 bits per heavy atom. The zero-order valence-electron chi connectivity index (χ0n) is 15.7. The summed E-state index contributed by atoms with van der Waals surface area (Å²) < 4.78 is 7.87. The van der Waals surface area contributed by atoms with Gasteiger partial charge in [0.2, 0.25) is 5.91 Å². The summed E-state index contributed by atoms with van der Waals surface area (Å²) >= 11 is 1.33. The van der Waals surface area contributed by atoms with Crippen LogP contribution in [0, 0.1) is 6.92 Å². The molecule has 0 aliphatic rings. The van der Waals surface area contributed by atoms with Crippen LogP contribution in [0.1, 0.15) is 11.4 Å². The minimum atomic E-state index is -0.0785. The van der Waals surface area contributed by atoms with E-state index in [1.54, 1.807) is 6.08 Å². The monoisotopic (exact) mass is 394 g/mol. The number of thioether (sulfide) groups is 1. The van der Waals surface area contributed by atoms with Gasteiger partial charge < -0.3 is 10.1 Å². The molecule has 0 spiro atoms. The molecule has 3 aromatic rings. The fourth-order valence-electron chi connectivity index (χ4n) is 2.55. The molecule has 0 radical (unpaired) electrons. The van der Waals surface area contributed by atoms with Crippen LogP contribution >= 0.6 is 11.8 Å². The Hall–Kier alpha value is -3.06. The van der Waals surface area contributed by atoms with Crippen molar-refractivity contribution in [3.63, 3.8) is 0 Å². The first-order valence-electron chi connectivity index (χ1n) is 8.87. The molecule has 1 amide bonds. The summed E-state index contributed by atoms with van der Waals surface area (Å²) in [5, 5.41) is 12.0. The van der Waals surface area contributed by atoms with Gasteiger partial charge in [-0.1, -0.05) is 54.2 Å². The van der Waals surface area contributed by atoms with Gasteiger partial charge in [0.1, 0.15) is 12.4 Å². The summed E-state index contributed by atoms with van der Waals surface area (Å²) in [4.78, 5) is 11.9. The summed E-state index contributed by atoms with van der Waals surface area (Å²) in [6, 6.07) is 17.6. The predicted octanol–water partition coefficient (Wildman–Crippen LogP) is 3.55. The van der Waals surface area contributed by atoms with Gasteiger partial charge in [-0.15, -0.1) is 16.8 Å². The van der Waals surface area contributed by atoms with Crippen LogP contribution in [0.3, 0.4) is 0 Å². The van der Waals surface area contributed by atoms with Crippen molar-refractivity contribution in [1.82, 2.24) is 20.1 Å². The molecule has 2 aromatic carbocycles. The zero-order valence-corrected chi connectivity index (χ0v) is 16.5. The highest BCUT2D eigenvalue weighted by Gasteiger charge is 2.16. The van der Waals surface area contributed by atoms with E-state index in [0.717, 1.165) is 17.0 Å². The van der Waals surface area contributed by atoms with Crippen molar-refractivity contribution in [3.8, 4) is 11.4 Å². The number of aryl methyl sites for hydroxylation is 1. The molecule has 0 unspecified atom stereocenters. The van der Waals surface area contributed by atoms with Gasteiger partial charge in [-0.25, -0.2) is 0 Å². The second-order valence-corrected chi connectivity index (χ2v) is 6.95. The van der Waals surface area contributed by atoms with E-state index in [-0.39, 0.29) is 18.3 Å².